The fourth-order valence-electron chi connectivity index (χ4n) is 4.06. The van der Waals surface area contributed by atoms with E-state index in [-0.39, 0.29) is 24.6 Å². The molecular weight excluding hydrogens is 550 g/mol. The molecule has 0 aliphatic carbocycles. The van der Waals surface area contributed by atoms with Crippen molar-refractivity contribution in [2.75, 3.05) is 31.6 Å². The molecule has 1 fully saturated rings. The van der Waals surface area contributed by atoms with Crippen molar-refractivity contribution in [2.24, 2.45) is 5.92 Å². The molecule has 1 unspecified atom stereocenters. The highest BCUT2D eigenvalue weighted by Gasteiger charge is 2.33. The summed E-state index contributed by atoms with van der Waals surface area (Å²) in [6.07, 6.45) is -5.70. The van der Waals surface area contributed by atoms with Gasteiger partial charge in [0.25, 0.3) is 5.91 Å². The van der Waals surface area contributed by atoms with Crippen molar-refractivity contribution in [1.29, 1.82) is 0 Å². The lowest BCUT2D eigenvalue weighted by Crippen LogP contribution is -2.27. The number of rotatable bonds is 9. The maximum atomic E-state index is 13.0. The molecule has 3 aromatic heterocycles. The summed E-state index contributed by atoms with van der Waals surface area (Å²) in [5, 5.41) is 2.72. The Morgan fingerprint density at radius 1 is 1.13 bits per heavy atom. The molecule has 0 saturated carbocycles. The number of aromatic nitrogens is 4. The van der Waals surface area contributed by atoms with Crippen LogP contribution in [0.5, 0.6) is 5.88 Å². The summed E-state index contributed by atoms with van der Waals surface area (Å²) < 4.78 is 85.3. The Kier molecular flexibility index (Phi) is 8.69. The molecule has 3 aromatic rings. The van der Waals surface area contributed by atoms with Crippen LogP contribution >= 0.6 is 11.5 Å². The third kappa shape index (κ3) is 8.08. The summed E-state index contributed by atoms with van der Waals surface area (Å²) in [5.41, 5.74) is 0.294. The second-order valence-electron chi connectivity index (χ2n) is 9.10. The summed E-state index contributed by atoms with van der Waals surface area (Å²) in [6, 6.07) is 3.17. The highest BCUT2D eigenvalue weighted by atomic mass is 32.1. The summed E-state index contributed by atoms with van der Waals surface area (Å²) >= 11 is 1.05. The Morgan fingerprint density at radius 3 is 2.56 bits per heavy atom. The van der Waals surface area contributed by atoms with Gasteiger partial charge in [-0.2, -0.15) is 30.7 Å². The van der Waals surface area contributed by atoms with Gasteiger partial charge in [-0.15, -0.1) is 0 Å². The Morgan fingerprint density at radius 2 is 1.92 bits per heavy atom. The molecule has 1 aliphatic rings. The molecule has 1 atom stereocenters. The van der Waals surface area contributed by atoms with E-state index in [2.05, 4.69) is 24.6 Å². The van der Waals surface area contributed by atoms with Crippen molar-refractivity contribution in [2.45, 2.75) is 38.5 Å². The Bertz CT molecular complexity index is 1260. The predicted octanol–water partition coefficient (Wildman–Crippen LogP) is 5.15. The van der Waals surface area contributed by atoms with E-state index in [1.54, 1.807) is 24.0 Å². The largest absolute Gasteiger partial charge is 0.477 e. The minimum Gasteiger partial charge on any atom is -0.477 e. The van der Waals surface area contributed by atoms with E-state index < -0.39 is 30.4 Å². The Labute approximate surface area is 223 Å². The van der Waals surface area contributed by atoms with Gasteiger partial charge in [0, 0.05) is 42.6 Å². The maximum Gasteiger partial charge on any atom is 0.434 e. The van der Waals surface area contributed by atoms with E-state index in [0.29, 0.717) is 53.6 Å². The van der Waals surface area contributed by atoms with Crippen LogP contribution in [0.4, 0.5) is 32.0 Å². The van der Waals surface area contributed by atoms with Crippen LogP contribution in [0.15, 0.2) is 30.7 Å². The average Bonchev–Trinajstić information content (AvgIpc) is 3.48. The first kappa shape index (κ1) is 28.7. The predicted molar refractivity (Wildman–Crippen MR) is 130 cm³/mol. The van der Waals surface area contributed by atoms with Gasteiger partial charge in [-0.3, -0.25) is 9.78 Å². The summed E-state index contributed by atoms with van der Waals surface area (Å²) in [6.45, 7) is 3.06. The van der Waals surface area contributed by atoms with Crippen molar-refractivity contribution in [3.8, 4) is 5.88 Å². The van der Waals surface area contributed by atoms with Crippen LogP contribution < -0.4 is 10.1 Å². The lowest BCUT2D eigenvalue weighted by Gasteiger charge is -2.17. The monoisotopic (exact) mass is 574 g/mol. The molecule has 1 N–H and O–H groups in total. The first-order valence-corrected chi connectivity index (χ1v) is 12.7. The van der Waals surface area contributed by atoms with Crippen molar-refractivity contribution < 1.29 is 35.9 Å². The molecule has 1 aliphatic heterocycles. The minimum atomic E-state index is -4.59. The first-order chi connectivity index (χ1) is 18.4. The number of hydrogen-bond donors (Lipinski definition) is 1. The molecule has 8 nitrogen and oxygen atoms in total. The molecule has 15 heteroatoms. The molecule has 1 saturated heterocycles. The topological polar surface area (TPSA) is 93.1 Å². The number of halogens is 6. The van der Waals surface area contributed by atoms with Crippen LogP contribution in [-0.2, 0) is 12.6 Å². The average molecular weight is 575 g/mol. The van der Waals surface area contributed by atoms with Crippen LogP contribution in [-0.4, -0.2) is 62.6 Å². The Hall–Kier alpha value is -3.33. The van der Waals surface area contributed by atoms with Crippen LogP contribution in [0.25, 0.3) is 0 Å². The molecule has 39 heavy (non-hydrogen) atoms. The summed E-state index contributed by atoms with van der Waals surface area (Å²) in [4.78, 5) is 26.6. The quantitative estimate of drug-likeness (QED) is 0.354. The van der Waals surface area contributed by atoms with Crippen molar-refractivity contribution in [1.82, 2.24) is 24.2 Å². The number of alkyl halides is 6. The van der Waals surface area contributed by atoms with Gasteiger partial charge in [-0.25, -0.2) is 9.97 Å². The number of carbonyl (C=O) groups excluding carboxylic acids is 1. The number of amides is 1. The van der Waals surface area contributed by atoms with E-state index in [0.717, 1.165) is 24.2 Å². The van der Waals surface area contributed by atoms with Gasteiger partial charge in [-0.05, 0) is 37.5 Å². The van der Waals surface area contributed by atoms with E-state index >= 15 is 0 Å². The second kappa shape index (κ2) is 11.8. The third-order valence-corrected chi connectivity index (χ3v) is 6.97. The fourth-order valence-corrected chi connectivity index (χ4v) is 4.94. The normalized spacial score (nSPS) is 16.4. The number of nitrogens with one attached hydrogen (secondary N) is 1. The number of hydrogen-bond acceptors (Lipinski definition) is 8. The van der Waals surface area contributed by atoms with Crippen molar-refractivity contribution >= 4 is 23.1 Å². The SMILES string of the molecule is Cc1nsc(Cc2cnc(C(F)(F)F)cn2)c1C(=O)Nc1ccc(OCC2CCN(CCC(F)(F)F)C2)nc1. The van der Waals surface area contributed by atoms with Gasteiger partial charge in [0.2, 0.25) is 5.88 Å². The third-order valence-electron chi connectivity index (χ3n) is 6.04. The van der Waals surface area contributed by atoms with Crippen molar-refractivity contribution in [3.05, 3.63) is 58.2 Å². The van der Waals surface area contributed by atoms with E-state index in [1.165, 1.54) is 6.20 Å². The highest BCUT2D eigenvalue weighted by Crippen LogP contribution is 2.28. The number of ether oxygens (including phenoxy) is 1. The minimum absolute atomic E-state index is 0.0226. The molecule has 0 bridgehead atoms. The molecule has 0 radical (unpaired) electrons. The highest BCUT2D eigenvalue weighted by molar-refractivity contribution is 7.06. The van der Waals surface area contributed by atoms with E-state index in [9.17, 15) is 31.1 Å². The van der Waals surface area contributed by atoms with Crippen LogP contribution in [0.3, 0.4) is 0 Å². The lowest BCUT2D eigenvalue weighted by atomic mass is 10.1. The lowest BCUT2D eigenvalue weighted by molar-refractivity contribution is -0.141. The van der Waals surface area contributed by atoms with Crippen LogP contribution in [0.1, 0.15) is 45.2 Å². The van der Waals surface area contributed by atoms with E-state index in [4.69, 9.17) is 4.74 Å². The molecule has 0 aromatic carbocycles. The maximum absolute atomic E-state index is 13.0. The van der Waals surface area contributed by atoms with Gasteiger partial charge in [-0.1, -0.05) is 0 Å². The van der Waals surface area contributed by atoms with Crippen LogP contribution in [0, 0.1) is 12.8 Å². The first-order valence-electron chi connectivity index (χ1n) is 11.9. The zero-order chi connectivity index (χ0) is 28.2. The number of pyridine rings is 1. The summed E-state index contributed by atoms with van der Waals surface area (Å²) in [7, 11) is 0. The van der Waals surface area contributed by atoms with Crippen LogP contribution in [0.2, 0.25) is 0 Å². The number of nitrogens with zero attached hydrogens (tertiary/aromatic N) is 5. The van der Waals surface area contributed by atoms with Gasteiger partial charge >= 0.3 is 12.4 Å². The summed E-state index contributed by atoms with van der Waals surface area (Å²) in [5.74, 6) is -0.0468. The molecule has 4 heterocycles. The van der Waals surface area contributed by atoms with Gasteiger partial charge in [0.05, 0.1) is 48.1 Å². The molecule has 0 spiro atoms. The number of aryl methyl sites for hydroxylation is 1. The van der Waals surface area contributed by atoms with E-state index in [1.807, 2.05) is 0 Å². The van der Waals surface area contributed by atoms with Crippen molar-refractivity contribution in [3.63, 3.8) is 0 Å². The number of carbonyl (C=O) groups is 1. The van der Waals surface area contributed by atoms with Gasteiger partial charge in [0.1, 0.15) is 0 Å². The number of likely N-dealkylation sites (tertiary alicyclic amines) is 1. The molecule has 210 valence electrons. The molecular formula is C24H24F6N6O2S. The fraction of sp³-hybridized carbons (Fsp3) is 0.458. The standard InChI is InChI=1S/C24H24F6N6O2S/c1-14-21(18(39-35-14)8-17-10-32-19(11-31-17)24(28,29)30)22(37)34-16-2-3-20(33-9-16)38-13-15-4-6-36(12-15)7-5-23(25,26)27/h2-3,9-11,15H,4-8,12-13H2,1H3,(H,34,37). The van der Waals surface area contributed by atoms with Gasteiger partial charge < -0.3 is 15.0 Å². The molecule has 1 amide bonds. The molecule has 4 rings (SSSR count). The van der Waals surface area contributed by atoms with Gasteiger partial charge in [0.15, 0.2) is 5.69 Å². The zero-order valence-electron chi connectivity index (χ0n) is 20.6. The Balaban J connectivity index is 1.30. The zero-order valence-corrected chi connectivity index (χ0v) is 21.5. The smallest absolute Gasteiger partial charge is 0.434 e. The number of anilines is 1. The second-order valence-corrected chi connectivity index (χ2v) is 9.96.